The van der Waals surface area contributed by atoms with Crippen LogP contribution in [0.5, 0.6) is 5.75 Å². The molecule has 4 nitrogen and oxygen atoms in total. The number of anilines is 1. The molecule has 2 rings (SSSR count). The monoisotopic (exact) mass is 347 g/mol. The van der Waals surface area contributed by atoms with E-state index >= 15 is 0 Å². The summed E-state index contributed by atoms with van der Waals surface area (Å²) in [4.78, 5) is 13.9. The fourth-order valence-electron chi connectivity index (χ4n) is 2.50. The van der Waals surface area contributed by atoms with E-state index in [4.69, 9.17) is 21.1 Å². The maximum absolute atomic E-state index is 11.8. The summed E-state index contributed by atoms with van der Waals surface area (Å²) in [5.74, 6) is 0.500. The number of benzene rings is 2. The van der Waals surface area contributed by atoms with Crippen LogP contribution in [0, 0.1) is 13.8 Å². The lowest BCUT2D eigenvalue weighted by Crippen LogP contribution is -2.28. The summed E-state index contributed by atoms with van der Waals surface area (Å²) in [6.07, 6.45) is -0.692. The van der Waals surface area contributed by atoms with Gasteiger partial charge in [-0.1, -0.05) is 23.7 Å². The molecule has 0 spiro atoms. The smallest absolute Gasteiger partial charge is 0.432 e. The number of aryl methyl sites for hydroxylation is 2. The predicted molar refractivity (Wildman–Crippen MR) is 97.2 cm³/mol. The van der Waals surface area contributed by atoms with E-state index in [1.54, 1.807) is 12.1 Å². The number of hydrogen-bond acceptors (Lipinski definition) is 4. The molecular weight excluding hydrogens is 326 g/mol. The molecule has 0 radical (unpaired) electrons. The Morgan fingerprint density at radius 2 is 1.83 bits per heavy atom. The number of ether oxygens (including phenoxy) is 2. The lowest BCUT2D eigenvalue weighted by Gasteiger charge is -2.22. The molecule has 0 aliphatic carbocycles. The highest BCUT2D eigenvalue weighted by atomic mass is 35.5. The second-order valence-electron chi connectivity index (χ2n) is 5.58. The minimum absolute atomic E-state index is 0.240. The topological polar surface area (TPSA) is 38.8 Å². The van der Waals surface area contributed by atoms with Gasteiger partial charge in [0.05, 0.1) is 6.54 Å². The molecule has 0 bridgehead atoms. The fraction of sp³-hybridized carbons (Fsp3) is 0.316. The van der Waals surface area contributed by atoms with Crippen LogP contribution in [0.2, 0.25) is 5.02 Å². The van der Waals surface area contributed by atoms with Crippen molar-refractivity contribution in [3.8, 4) is 5.75 Å². The number of likely N-dealkylation sites (N-methyl/N-ethyl adjacent to an activating group) is 1. The zero-order valence-electron chi connectivity index (χ0n) is 14.2. The van der Waals surface area contributed by atoms with Gasteiger partial charge in [0.15, 0.2) is 0 Å². The van der Waals surface area contributed by atoms with E-state index in [1.807, 2.05) is 51.1 Å². The molecule has 0 saturated heterocycles. The number of carbonyl (C=O) groups excluding carboxylic acids is 1. The average molecular weight is 348 g/mol. The number of halogens is 1. The normalized spacial score (nSPS) is 10.3. The first-order chi connectivity index (χ1) is 11.5. The summed E-state index contributed by atoms with van der Waals surface area (Å²) >= 11 is 6.01. The molecule has 0 atom stereocenters. The molecule has 0 unspecified atom stereocenters. The van der Waals surface area contributed by atoms with Crippen LogP contribution >= 0.6 is 11.6 Å². The first-order valence-corrected chi connectivity index (χ1v) is 8.29. The van der Waals surface area contributed by atoms with Gasteiger partial charge in [-0.15, -0.1) is 0 Å². The molecule has 0 saturated carbocycles. The Morgan fingerprint density at radius 1 is 1.12 bits per heavy atom. The Morgan fingerprint density at radius 3 is 2.46 bits per heavy atom. The van der Waals surface area contributed by atoms with Crippen molar-refractivity contribution in [2.75, 3.05) is 24.6 Å². The lowest BCUT2D eigenvalue weighted by molar-refractivity contribution is 0.101. The molecule has 128 valence electrons. The van der Waals surface area contributed by atoms with Crippen LogP contribution in [0.25, 0.3) is 0 Å². The van der Waals surface area contributed by atoms with Gasteiger partial charge in [0.25, 0.3) is 0 Å². The third kappa shape index (κ3) is 5.46. The van der Waals surface area contributed by atoms with Crippen LogP contribution in [-0.4, -0.2) is 25.9 Å². The first-order valence-electron chi connectivity index (χ1n) is 7.91. The van der Waals surface area contributed by atoms with Crippen molar-refractivity contribution in [3.05, 3.63) is 58.6 Å². The van der Waals surface area contributed by atoms with Crippen molar-refractivity contribution in [1.82, 2.24) is 0 Å². The Kier molecular flexibility index (Phi) is 6.50. The highest BCUT2D eigenvalue weighted by molar-refractivity contribution is 6.30. The first kappa shape index (κ1) is 18.1. The molecule has 0 fully saturated rings. The van der Waals surface area contributed by atoms with Crippen LogP contribution in [-0.2, 0) is 4.74 Å². The summed E-state index contributed by atoms with van der Waals surface area (Å²) < 4.78 is 10.4. The van der Waals surface area contributed by atoms with Crippen molar-refractivity contribution >= 4 is 23.4 Å². The molecule has 2 aromatic carbocycles. The van der Waals surface area contributed by atoms with Gasteiger partial charge in [-0.25, -0.2) is 4.79 Å². The van der Waals surface area contributed by atoms with Crippen LogP contribution in [0.15, 0.2) is 42.5 Å². The number of nitrogens with zero attached hydrogens (tertiary/aromatic N) is 1. The predicted octanol–water partition coefficient (Wildman–Crippen LogP) is 5.00. The van der Waals surface area contributed by atoms with Gasteiger partial charge in [-0.05, 0) is 62.2 Å². The average Bonchev–Trinajstić information content (AvgIpc) is 2.50. The van der Waals surface area contributed by atoms with E-state index < -0.39 is 6.16 Å². The zero-order chi connectivity index (χ0) is 17.5. The SMILES string of the molecule is CCN(CCOC(=O)Oc1cc(C)cc(C)c1)c1cccc(Cl)c1. The summed E-state index contributed by atoms with van der Waals surface area (Å²) in [6.45, 7) is 7.54. The van der Waals surface area contributed by atoms with Gasteiger partial charge < -0.3 is 14.4 Å². The van der Waals surface area contributed by atoms with Gasteiger partial charge in [0.1, 0.15) is 12.4 Å². The fourth-order valence-corrected chi connectivity index (χ4v) is 2.68. The standard InChI is InChI=1S/C19H22ClNO3/c1-4-21(17-7-5-6-16(20)13-17)8-9-23-19(22)24-18-11-14(2)10-15(3)12-18/h5-7,10-13H,4,8-9H2,1-3H3. The molecule has 0 amide bonds. The van der Waals surface area contributed by atoms with E-state index in [1.165, 1.54) is 0 Å². The van der Waals surface area contributed by atoms with E-state index in [9.17, 15) is 4.79 Å². The molecule has 0 heterocycles. The van der Waals surface area contributed by atoms with Crippen LogP contribution < -0.4 is 9.64 Å². The Bertz CT molecular complexity index is 683. The maximum atomic E-state index is 11.8. The number of rotatable bonds is 6. The van der Waals surface area contributed by atoms with Gasteiger partial charge in [0.2, 0.25) is 0 Å². The van der Waals surface area contributed by atoms with E-state index in [-0.39, 0.29) is 6.61 Å². The zero-order valence-corrected chi connectivity index (χ0v) is 15.0. The molecule has 0 aliphatic rings. The van der Waals surface area contributed by atoms with E-state index in [0.29, 0.717) is 17.3 Å². The van der Waals surface area contributed by atoms with Gasteiger partial charge >= 0.3 is 6.16 Å². The molecule has 2 aromatic rings. The Balaban J connectivity index is 1.85. The van der Waals surface area contributed by atoms with E-state index in [2.05, 4.69) is 4.90 Å². The van der Waals surface area contributed by atoms with Crippen molar-refractivity contribution in [2.24, 2.45) is 0 Å². The highest BCUT2D eigenvalue weighted by Gasteiger charge is 2.09. The second kappa shape index (κ2) is 8.60. The van der Waals surface area contributed by atoms with Crippen molar-refractivity contribution in [3.63, 3.8) is 0 Å². The Labute approximate surface area is 147 Å². The minimum Gasteiger partial charge on any atom is -0.432 e. The second-order valence-corrected chi connectivity index (χ2v) is 6.02. The van der Waals surface area contributed by atoms with Crippen LogP contribution in [0.4, 0.5) is 10.5 Å². The van der Waals surface area contributed by atoms with Crippen molar-refractivity contribution < 1.29 is 14.3 Å². The summed E-state index contributed by atoms with van der Waals surface area (Å²) in [7, 11) is 0. The lowest BCUT2D eigenvalue weighted by atomic mass is 10.1. The number of carbonyl (C=O) groups is 1. The molecule has 24 heavy (non-hydrogen) atoms. The van der Waals surface area contributed by atoms with Crippen LogP contribution in [0.1, 0.15) is 18.1 Å². The largest absolute Gasteiger partial charge is 0.513 e. The summed E-state index contributed by atoms with van der Waals surface area (Å²) in [5.41, 5.74) is 3.07. The van der Waals surface area contributed by atoms with Gasteiger partial charge in [-0.3, -0.25) is 0 Å². The molecular formula is C19H22ClNO3. The van der Waals surface area contributed by atoms with Gasteiger partial charge in [-0.2, -0.15) is 0 Å². The highest BCUT2D eigenvalue weighted by Crippen LogP contribution is 2.19. The summed E-state index contributed by atoms with van der Waals surface area (Å²) in [5, 5.41) is 0.682. The molecule has 0 aromatic heterocycles. The Hall–Kier alpha value is -2.20. The number of hydrogen-bond donors (Lipinski definition) is 0. The third-order valence-corrected chi connectivity index (χ3v) is 3.77. The quantitative estimate of drug-likeness (QED) is 0.544. The van der Waals surface area contributed by atoms with Crippen molar-refractivity contribution in [1.29, 1.82) is 0 Å². The third-order valence-electron chi connectivity index (χ3n) is 3.53. The molecule has 0 N–H and O–H groups in total. The van der Waals surface area contributed by atoms with Gasteiger partial charge in [0, 0.05) is 17.3 Å². The van der Waals surface area contributed by atoms with E-state index in [0.717, 1.165) is 23.4 Å². The minimum atomic E-state index is -0.692. The molecule has 5 heteroatoms. The summed E-state index contributed by atoms with van der Waals surface area (Å²) in [6, 6.07) is 13.2. The maximum Gasteiger partial charge on any atom is 0.513 e. The van der Waals surface area contributed by atoms with Crippen molar-refractivity contribution in [2.45, 2.75) is 20.8 Å². The van der Waals surface area contributed by atoms with Crippen LogP contribution in [0.3, 0.4) is 0 Å². The molecule has 0 aliphatic heterocycles.